The van der Waals surface area contributed by atoms with Gasteiger partial charge < -0.3 is 16.4 Å². The molecule has 1 saturated heterocycles. The number of nitrogens with two attached hydrogens (primary N) is 2. The summed E-state index contributed by atoms with van der Waals surface area (Å²) in [7, 11) is 0. The van der Waals surface area contributed by atoms with Gasteiger partial charge in [-0.05, 0) is 18.2 Å². The number of primary amides is 1. The molecule has 28 heavy (non-hydrogen) atoms. The van der Waals surface area contributed by atoms with E-state index >= 15 is 0 Å². The molecule has 0 atom stereocenters. The average Bonchev–Trinajstić information content (AvgIpc) is 2.69. The molecule has 3 aromatic rings. The van der Waals surface area contributed by atoms with E-state index in [1.165, 1.54) is 6.07 Å². The van der Waals surface area contributed by atoms with Crippen molar-refractivity contribution in [3.8, 4) is 0 Å². The largest absolute Gasteiger partial charge is 0.383 e. The molecule has 1 aliphatic rings. The molecule has 1 aromatic carbocycles. The minimum Gasteiger partial charge on any atom is -0.383 e. The number of carbonyl (C=O) groups excluding carboxylic acids is 1. The third-order valence-electron chi connectivity index (χ3n) is 4.73. The zero-order valence-electron chi connectivity index (χ0n) is 15.0. The molecule has 1 amide bonds. The number of carbonyl (C=O) groups is 1. The number of aromatic nitrogens is 4. The molecule has 10 heteroatoms. The van der Waals surface area contributed by atoms with Crippen LogP contribution in [-0.2, 0) is 6.54 Å². The summed E-state index contributed by atoms with van der Waals surface area (Å²) in [4.78, 5) is 24.9. The van der Waals surface area contributed by atoms with Crippen LogP contribution in [0, 0.1) is 0 Å². The first-order chi connectivity index (χ1) is 13.5. The van der Waals surface area contributed by atoms with Crippen molar-refractivity contribution in [2.75, 3.05) is 36.8 Å². The normalized spacial score (nSPS) is 15.1. The van der Waals surface area contributed by atoms with Gasteiger partial charge in [-0.2, -0.15) is 0 Å². The molecule has 144 valence electrons. The number of anilines is 2. The summed E-state index contributed by atoms with van der Waals surface area (Å²) < 4.78 is 0. The zero-order chi connectivity index (χ0) is 19.7. The van der Waals surface area contributed by atoms with E-state index in [-0.39, 0.29) is 10.7 Å². The number of para-hydroxylation sites is 1. The molecule has 4 N–H and O–H groups in total. The Balaban J connectivity index is 1.46. The highest BCUT2D eigenvalue weighted by atomic mass is 35.5. The number of halogens is 1. The molecule has 9 nitrogen and oxygen atoms in total. The molecule has 3 heterocycles. The van der Waals surface area contributed by atoms with Crippen LogP contribution in [0.2, 0.25) is 5.15 Å². The predicted octanol–water partition coefficient (Wildman–Crippen LogP) is 1.08. The number of benzene rings is 1. The Hall–Kier alpha value is -3.04. The van der Waals surface area contributed by atoms with Gasteiger partial charge in [0, 0.05) is 31.6 Å². The van der Waals surface area contributed by atoms with Crippen molar-refractivity contribution < 1.29 is 4.79 Å². The molecule has 0 radical (unpaired) electrons. The number of nitrogens with zero attached hydrogens (tertiary/aromatic N) is 6. The minimum atomic E-state index is -0.575. The topological polar surface area (TPSA) is 127 Å². The van der Waals surface area contributed by atoms with Gasteiger partial charge in [0.1, 0.15) is 11.6 Å². The zero-order valence-corrected chi connectivity index (χ0v) is 15.8. The third kappa shape index (κ3) is 3.67. The van der Waals surface area contributed by atoms with Crippen LogP contribution in [0.4, 0.5) is 11.6 Å². The first kappa shape index (κ1) is 18.3. The Morgan fingerprint density at radius 3 is 2.61 bits per heavy atom. The van der Waals surface area contributed by atoms with Crippen molar-refractivity contribution in [1.29, 1.82) is 0 Å². The Morgan fingerprint density at radius 2 is 1.86 bits per heavy atom. The van der Waals surface area contributed by atoms with Crippen molar-refractivity contribution in [1.82, 2.24) is 25.1 Å². The summed E-state index contributed by atoms with van der Waals surface area (Å²) in [6, 6.07) is 9.14. The summed E-state index contributed by atoms with van der Waals surface area (Å²) in [5.41, 5.74) is 12.6. The molecule has 0 unspecified atom stereocenters. The monoisotopic (exact) mass is 398 g/mol. The summed E-state index contributed by atoms with van der Waals surface area (Å²) in [5, 5.41) is 8.90. The highest BCUT2D eigenvalue weighted by molar-refractivity contribution is 6.29. The lowest BCUT2D eigenvalue weighted by Gasteiger charge is -2.35. The van der Waals surface area contributed by atoms with Crippen LogP contribution in [0.15, 0.2) is 30.3 Å². The van der Waals surface area contributed by atoms with Gasteiger partial charge in [-0.25, -0.2) is 9.97 Å². The van der Waals surface area contributed by atoms with Crippen LogP contribution in [0.25, 0.3) is 10.9 Å². The number of fused-ring (bicyclic) bond motifs is 1. The summed E-state index contributed by atoms with van der Waals surface area (Å²) in [6.45, 7) is 3.42. The molecule has 0 aliphatic carbocycles. The lowest BCUT2D eigenvalue weighted by molar-refractivity contribution is 0.1000. The van der Waals surface area contributed by atoms with E-state index in [0.29, 0.717) is 37.1 Å². The van der Waals surface area contributed by atoms with E-state index in [2.05, 4.69) is 25.1 Å². The lowest BCUT2D eigenvalue weighted by Crippen LogP contribution is -2.47. The van der Waals surface area contributed by atoms with E-state index in [0.717, 1.165) is 24.0 Å². The molecule has 4 rings (SSSR count). The second kappa shape index (κ2) is 7.53. The molecule has 1 aliphatic heterocycles. The van der Waals surface area contributed by atoms with Gasteiger partial charge in [-0.15, -0.1) is 10.2 Å². The van der Waals surface area contributed by atoms with Gasteiger partial charge in [-0.1, -0.05) is 23.7 Å². The molecule has 0 bridgehead atoms. The standard InChI is InChI=1S/C18H19ClN8O/c19-14-9-12(17(21)28)18(25-24-14)27-7-5-26(6-8-27)10-15-22-13-4-2-1-3-11(13)16(20)23-15/h1-4,9H,5-8,10H2,(H2,21,28)(H2,20,22,23). The van der Waals surface area contributed by atoms with Crippen LogP contribution in [0.3, 0.4) is 0 Å². The number of piperazine rings is 1. The van der Waals surface area contributed by atoms with Gasteiger partial charge in [0.2, 0.25) is 0 Å². The van der Waals surface area contributed by atoms with Gasteiger partial charge in [0.15, 0.2) is 11.0 Å². The molecule has 1 fully saturated rings. The molecular weight excluding hydrogens is 380 g/mol. The number of hydrogen-bond acceptors (Lipinski definition) is 8. The van der Waals surface area contributed by atoms with E-state index < -0.39 is 5.91 Å². The van der Waals surface area contributed by atoms with Gasteiger partial charge >= 0.3 is 0 Å². The minimum absolute atomic E-state index is 0.141. The quantitative estimate of drug-likeness (QED) is 0.668. The van der Waals surface area contributed by atoms with Gasteiger partial charge in [0.25, 0.3) is 5.91 Å². The van der Waals surface area contributed by atoms with Crippen molar-refractivity contribution >= 4 is 40.0 Å². The van der Waals surface area contributed by atoms with E-state index in [9.17, 15) is 4.79 Å². The third-order valence-corrected chi connectivity index (χ3v) is 4.91. The predicted molar refractivity (Wildman–Crippen MR) is 107 cm³/mol. The number of amides is 1. The van der Waals surface area contributed by atoms with Crippen LogP contribution in [0.1, 0.15) is 16.2 Å². The van der Waals surface area contributed by atoms with E-state index in [4.69, 9.17) is 23.1 Å². The van der Waals surface area contributed by atoms with Crippen LogP contribution >= 0.6 is 11.6 Å². The molecule has 0 spiro atoms. The fraction of sp³-hybridized carbons (Fsp3) is 0.278. The number of hydrogen-bond donors (Lipinski definition) is 2. The first-order valence-electron chi connectivity index (χ1n) is 8.83. The molecule has 2 aromatic heterocycles. The summed E-state index contributed by atoms with van der Waals surface area (Å²) >= 11 is 5.84. The van der Waals surface area contributed by atoms with Gasteiger partial charge in [0.05, 0.1) is 17.6 Å². The second-order valence-electron chi connectivity index (χ2n) is 6.57. The van der Waals surface area contributed by atoms with Crippen LogP contribution in [-0.4, -0.2) is 57.2 Å². The van der Waals surface area contributed by atoms with Crippen molar-refractivity contribution in [2.24, 2.45) is 5.73 Å². The smallest absolute Gasteiger partial charge is 0.252 e. The number of nitrogen functional groups attached to an aromatic ring is 1. The number of rotatable bonds is 4. The highest BCUT2D eigenvalue weighted by Gasteiger charge is 2.23. The SMILES string of the molecule is NC(=O)c1cc(Cl)nnc1N1CCN(Cc2nc(N)c3ccccc3n2)CC1. The fourth-order valence-corrected chi connectivity index (χ4v) is 3.46. The van der Waals surface area contributed by atoms with E-state index in [1.54, 1.807) is 0 Å². The van der Waals surface area contributed by atoms with Crippen molar-refractivity contribution in [2.45, 2.75) is 6.54 Å². The summed E-state index contributed by atoms with van der Waals surface area (Å²) in [5.74, 6) is 1.06. The highest BCUT2D eigenvalue weighted by Crippen LogP contribution is 2.22. The summed E-state index contributed by atoms with van der Waals surface area (Å²) in [6.07, 6.45) is 0. The lowest BCUT2D eigenvalue weighted by atomic mass is 10.2. The van der Waals surface area contributed by atoms with Gasteiger partial charge in [-0.3, -0.25) is 9.69 Å². The van der Waals surface area contributed by atoms with Crippen LogP contribution < -0.4 is 16.4 Å². The Labute approximate surface area is 166 Å². The van der Waals surface area contributed by atoms with Crippen LogP contribution in [0.5, 0.6) is 0 Å². The maximum atomic E-state index is 11.7. The van der Waals surface area contributed by atoms with Crippen molar-refractivity contribution in [3.63, 3.8) is 0 Å². The fourth-order valence-electron chi connectivity index (χ4n) is 3.32. The van der Waals surface area contributed by atoms with E-state index in [1.807, 2.05) is 29.2 Å². The average molecular weight is 399 g/mol. The maximum Gasteiger partial charge on any atom is 0.252 e. The Kier molecular flexibility index (Phi) is 4.93. The first-order valence-corrected chi connectivity index (χ1v) is 9.20. The van der Waals surface area contributed by atoms with Crippen molar-refractivity contribution in [3.05, 3.63) is 46.9 Å². The molecular formula is C18H19ClN8O. The maximum absolute atomic E-state index is 11.7. The molecule has 0 saturated carbocycles. The Bertz CT molecular complexity index is 1040. The second-order valence-corrected chi connectivity index (χ2v) is 6.96. The Morgan fingerprint density at radius 1 is 1.11 bits per heavy atom.